The molecule has 14 heavy (non-hydrogen) atoms. The quantitative estimate of drug-likeness (QED) is 0.798. The van der Waals surface area contributed by atoms with E-state index in [2.05, 4.69) is 0 Å². The van der Waals surface area contributed by atoms with Crippen molar-refractivity contribution in [1.82, 2.24) is 0 Å². The number of hydrogen-bond donors (Lipinski definition) is 2. The Morgan fingerprint density at radius 1 is 1.50 bits per heavy atom. The van der Waals surface area contributed by atoms with Crippen LogP contribution in [0.4, 0.5) is 0 Å². The lowest BCUT2D eigenvalue weighted by Gasteiger charge is -2.07. The first-order valence-electron chi connectivity index (χ1n) is 4.14. The number of fused-ring (bicyclic) bond motifs is 1. The predicted molar refractivity (Wildman–Crippen MR) is 56.0 cm³/mol. The van der Waals surface area contributed by atoms with Gasteiger partial charge in [-0.1, -0.05) is 0 Å². The van der Waals surface area contributed by atoms with Gasteiger partial charge in [0.05, 0.1) is 13.7 Å². The Hall–Kier alpha value is -1.26. The molecule has 1 heterocycles. The molecule has 74 valence electrons. The Kier molecular flexibility index (Phi) is 2.31. The molecule has 0 aliphatic carbocycles. The predicted octanol–water partition coefficient (Wildman–Crippen LogP) is 2.11. The van der Waals surface area contributed by atoms with Gasteiger partial charge in [0.2, 0.25) is 0 Å². The van der Waals surface area contributed by atoms with Gasteiger partial charge < -0.3 is 14.9 Å². The van der Waals surface area contributed by atoms with Gasteiger partial charge >= 0.3 is 0 Å². The van der Waals surface area contributed by atoms with Crippen LogP contribution in [0.5, 0.6) is 11.5 Å². The van der Waals surface area contributed by atoms with E-state index < -0.39 is 0 Å². The van der Waals surface area contributed by atoms with Crippen LogP contribution in [0.2, 0.25) is 0 Å². The van der Waals surface area contributed by atoms with Gasteiger partial charge in [-0.25, -0.2) is 0 Å². The highest BCUT2D eigenvalue weighted by atomic mass is 32.1. The zero-order valence-electron chi connectivity index (χ0n) is 7.65. The summed E-state index contributed by atoms with van der Waals surface area (Å²) in [6, 6.07) is 3.44. The molecule has 3 nitrogen and oxygen atoms in total. The Labute approximate surface area is 85.2 Å². The van der Waals surface area contributed by atoms with Crippen molar-refractivity contribution in [3.8, 4) is 11.5 Å². The average molecular weight is 210 g/mol. The van der Waals surface area contributed by atoms with Gasteiger partial charge in [0.15, 0.2) is 0 Å². The van der Waals surface area contributed by atoms with Gasteiger partial charge in [0, 0.05) is 21.7 Å². The molecule has 2 N–H and O–H groups in total. The molecule has 2 rings (SSSR count). The summed E-state index contributed by atoms with van der Waals surface area (Å²) in [7, 11) is 1.56. The lowest BCUT2D eigenvalue weighted by molar-refractivity contribution is 0.277. The molecular weight excluding hydrogens is 200 g/mol. The largest absolute Gasteiger partial charge is 0.507 e. The van der Waals surface area contributed by atoms with Crippen molar-refractivity contribution in [2.75, 3.05) is 7.11 Å². The molecule has 0 bridgehead atoms. The number of rotatable bonds is 2. The average Bonchev–Trinajstić information content (AvgIpc) is 2.65. The van der Waals surface area contributed by atoms with E-state index in [4.69, 9.17) is 9.84 Å². The highest BCUT2D eigenvalue weighted by Gasteiger charge is 2.12. The molecule has 0 amide bonds. The summed E-state index contributed by atoms with van der Waals surface area (Å²) in [5.41, 5.74) is 0.566. The van der Waals surface area contributed by atoms with E-state index in [1.165, 1.54) is 17.4 Å². The van der Waals surface area contributed by atoms with Gasteiger partial charge in [0.25, 0.3) is 0 Å². The zero-order valence-corrected chi connectivity index (χ0v) is 8.47. The van der Waals surface area contributed by atoms with Crippen LogP contribution in [0.25, 0.3) is 10.1 Å². The van der Waals surface area contributed by atoms with Crippen LogP contribution in [-0.4, -0.2) is 17.3 Å². The van der Waals surface area contributed by atoms with E-state index in [1.807, 2.05) is 11.4 Å². The van der Waals surface area contributed by atoms with Crippen molar-refractivity contribution in [3.05, 3.63) is 23.1 Å². The standard InChI is InChI=1S/C10H10O3S/c1-13-9-4-8(12)7(5-11)10-6(9)2-3-14-10/h2-4,11-12H,5H2,1H3. The highest BCUT2D eigenvalue weighted by molar-refractivity contribution is 7.17. The van der Waals surface area contributed by atoms with Gasteiger partial charge in [-0.05, 0) is 11.4 Å². The summed E-state index contributed by atoms with van der Waals surface area (Å²) < 4.78 is 6.01. The maximum atomic E-state index is 9.61. The molecule has 0 radical (unpaired) electrons. The van der Waals surface area contributed by atoms with Crippen molar-refractivity contribution in [1.29, 1.82) is 0 Å². The van der Waals surface area contributed by atoms with Crippen LogP contribution in [-0.2, 0) is 6.61 Å². The van der Waals surface area contributed by atoms with E-state index in [-0.39, 0.29) is 12.4 Å². The van der Waals surface area contributed by atoms with Crippen molar-refractivity contribution < 1.29 is 14.9 Å². The van der Waals surface area contributed by atoms with E-state index in [9.17, 15) is 5.11 Å². The smallest absolute Gasteiger partial charge is 0.131 e. The summed E-state index contributed by atoms with van der Waals surface area (Å²) in [6.07, 6.45) is 0. The van der Waals surface area contributed by atoms with Crippen LogP contribution in [0.1, 0.15) is 5.56 Å². The number of hydrogen-bond acceptors (Lipinski definition) is 4. The summed E-state index contributed by atoms with van der Waals surface area (Å²) in [6.45, 7) is -0.160. The van der Waals surface area contributed by atoms with Gasteiger partial charge in [0.1, 0.15) is 11.5 Å². The maximum absolute atomic E-state index is 9.61. The fraction of sp³-hybridized carbons (Fsp3) is 0.200. The van der Waals surface area contributed by atoms with Crippen molar-refractivity contribution >= 4 is 21.4 Å². The SMILES string of the molecule is COc1cc(O)c(CO)c2sccc12. The van der Waals surface area contributed by atoms with Gasteiger partial charge in [-0.15, -0.1) is 11.3 Å². The third kappa shape index (κ3) is 1.23. The highest BCUT2D eigenvalue weighted by Crippen LogP contribution is 2.38. The molecule has 0 aliphatic rings. The topological polar surface area (TPSA) is 49.7 Å². The lowest BCUT2D eigenvalue weighted by atomic mass is 10.1. The maximum Gasteiger partial charge on any atom is 0.131 e. The van der Waals surface area contributed by atoms with Crippen molar-refractivity contribution in [2.45, 2.75) is 6.61 Å². The Morgan fingerprint density at radius 3 is 2.93 bits per heavy atom. The number of aromatic hydroxyl groups is 1. The Balaban J connectivity index is 2.81. The lowest BCUT2D eigenvalue weighted by Crippen LogP contribution is -1.88. The van der Waals surface area contributed by atoms with Gasteiger partial charge in [-0.2, -0.15) is 0 Å². The number of methoxy groups -OCH3 is 1. The summed E-state index contributed by atoms with van der Waals surface area (Å²) in [4.78, 5) is 0. The number of benzene rings is 1. The van der Waals surface area contributed by atoms with Crippen LogP contribution in [0, 0.1) is 0 Å². The second kappa shape index (κ2) is 3.48. The minimum Gasteiger partial charge on any atom is -0.507 e. The van der Waals surface area contributed by atoms with E-state index in [0.717, 1.165) is 10.1 Å². The molecule has 2 aromatic rings. The number of aliphatic hydroxyl groups excluding tert-OH is 1. The molecule has 0 unspecified atom stereocenters. The molecule has 0 fully saturated rings. The molecule has 0 spiro atoms. The number of ether oxygens (including phenoxy) is 1. The first-order chi connectivity index (χ1) is 6.77. The third-order valence-corrected chi connectivity index (χ3v) is 3.13. The van der Waals surface area contributed by atoms with E-state index >= 15 is 0 Å². The number of phenols is 1. The van der Waals surface area contributed by atoms with Crippen LogP contribution < -0.4 is 4.74 Å². The second-order valence-electron chi connectivity index (χ2n) is 2.90. The third-order valence-electron chi connectivity index (χ3n) is 2.16. The van der Waals surface area contributed by atoms with Crippen LogP contribution in [0.15, 0.2) is 17.5 Å². The molecule has 0 atom stereocenters. The first-order valence-corrected chi connectivity index (χ1v) is 5.02. The number of thiophene rings is 1. The molecule has 0 saturated carbocycles. The zero-order chi connectivity index (χ0) is 10.1. The van der Waals surface area contributed by atoms with E-state index in [0.29, 0.717) is 11.3 Å². The molecule has 0 saturated heterocycles. The minimum absolute atomic E-state index is 0.0827. The summed E-state index contributed by atoms with van der Waals surface area (Å²) >= 11 is 1.48. The van der Waals surface area contributed by atoms with Crippen molar-refractivity contribution in [2.24, 2.45) is 0 Å². The van der Waals surface area contributed by atoms with E-state index in [1.54, 1.807) is 7.11 Å². The monoisotopic (exact) mass is 210 g/mol. The normalized spacial score (nSPS) is 10.7. The summed E-state index contributed by atoms with van der Waals surface area (Å²) in [5.74, 6) is 0.718. The second-order valence-corrected chi connectivity index (χ2v) is 3.81. The number of aliphatic hydroxyl groups is 1. The Morgan fingerprint density at radius 2 is 2.29 bits per heavy atom. The van der Waals surface area contributed by atoms with Gasteiger partial charge in [-0.3, -0.25) is 0 Å². The Bertz CT molecular complexity index is 462. The molecule has 4 heteroatoms. The summed E-state index contributed by atoms with van der Waals surface area (Å²) in [5, 5.41) is 21.5. The fourth-order valence-corrected chi connectivity index (χ4v) is 2.41. The molecule has 0 aliphatic heterocycles. The molecule has 1 aromatic carbocycles. The first kappa shape index (κ1) is 9.30. The fourth-order valence-electron chi connectivity index (χ4n) is 1.46. The molecule has 1 aromatic heterocycles. The van der Waals surface area contributed by atoms with Crippen molar-refractivity contribution in [3.63, 3.8) is 0 Å². The van der Waals surface area contributed by atoms with Crippen LogP contribution >= 0.6 is 11.3 Å². The minimum atomic E-state index is -0.160. The molecular formula is C10H10O3S. The van der Waals surface area contributed by atoms with Crippen LogP contribution in [0.3, 0.4) is 0 Å².